The van der Waals surface area contributed by atoms with Crippen LogP contribution in [0.4, 0.5) is 0 Å². The first-order valence-electron chi connectivity index (χ1n) is 7.81. The van der Waals surface area contributed by atoms with Gasteiger partial charge in [-0.2, -0.15) is 0 Å². The molecule has 1 aromatic carbocycles. The molecule has 8 heteroatoms. The normalized spacial score (nSPS) is 16.6. The first kappa shape index (κ1) is 19.6. The van der Waals surface area contributed by atoms with E-state index < -0.39 is 17.9 Å². The summed E-state index contributed by atoms with van der Waals surface area (Å²) in [5.74, 6) is -0.895. The fourth-order valence-electron chi connectivity index (χ4n) is 2.57. The van der Waals surface area contributed by atoms with Crippen molar-refractivity contribution in [1.29, 1.82) is 0 Å². The summed E-state index contributed by atoms with van der Waals surface area (Å²) in [5, 5.41) is 10.0. The van der Waals surface area contributed by atoms with Gasteiger partial charge in [-0.1, -0.05) is 29.3 Å². The van der Waals surface area contributed by atoms with Gasteiger partial charge in [0.05, 0.1) is 17.7 Å². The van der Waals surface area contributed by atoms with E-state index in [1.54, 1.807) is 25.1 Å². The van der Waals surface area contributed by atoms with Gasteiger partial charge in [0.2, 0.25) is 0 Å². The second-order valence-corrected chi connectivity index (χ2v) is 6.37. The Morgan fingerprint density at radius 1 is 1.40 bits per heavy atom. The molecule has 0 radical (unpaired) electrons. The molecular formula is C17H19Cl2NO5. The third-order valence-electron chi connectivity index (χ3n) is 3.72. The molecule has 2 atom stereocenters. The Morgan fingerprint density at radius 2 is 2.12 bits per heavy atom. The van der Waals surface area contributed by atoms with Crippen LogP contribution in [0.2, 0.25) is 10.0 Å². The lowest BCUT2D eigenvalue weighted by molar-refractivity contribution is -0.149. The Bertz CT molecular complexity index is 692. The number of carboxylic acid groups (broad SMARTS) is 1. The fraction of sp³-hybridized carbons (Fsp3) is 0.412. The molecular weight excluding hydrogens is 369 g/mol. The lowest BCUT2D eigenvalue weighted by Gasteiger charge is -2.26. The summed E-state index contributed by atoms with van der Waals surface area (Å²) in [7, 11) is 0. The molecule has 136 valence electrons. The number of ether oxygens (including phenoxy) is 2. The molecule has 1 heterocycles. The largest absolute Gasteiger partial charge is 0.480 e. The van der Waals surface area contributed by atoms with Crippen molar-refractivity contribution in [3.8, 4) is 5.75 Å². The minimum absolute atomic E-state index is 0.0392. The highest BCUT2D eigenvalue weighted by atomic mass is 35.5. The summed E-state index contributed by atoms with van der Waals surface area (Å²) < 4.78 is 11.0. The maximum Gasteiger partial charge on any atom is 0.326 e. The van der Waals surface area contributed by atoms with E-state index in [0.29, 0.717) is 23.1 Å². The van der Waals surface area contributed by atoms with Crippen LogP contribution in [0.3, 0.4) is 0 Å². The van der Waals surface area contributed by atoms with E-state index in [1.165, 1.54) is 11.0 Å². The van der Waals surface area contributed by atoms with Crippen molar-refractivity contribution in [3.05, 3.63) is 40.1 Å². The van der Waals surface area contributed by atoms with Crippen molar-refractivity contribution in [3.63, 3.8) is 0 Å². The van der Waals surface area contributed by atoms with E-state index in [9.17, 15) is 14.7 Å². The van der Waals surface area contributed by atoms with Crippen LogP contribution in [-0.4, -0.2) is 47.2 Å². The second kappa shape index (κ2) is 8.56. The van der Waals surface area contributed by atoms with Crippen LogP contribution in [0.5, 0.6) is 5.75 Å². The molecule has 1 aliphatic rings. The van der Waals surface area contributed by atoms with E-state index in [2.05, 4.69) is 0 Å². The van der Waals surface area contributed by atoms with E-state index in [0.717, 1.165) is 0 Å². The zero-order chi connectivity index (χ0) is 18.6. The number of amides is 1. The smallest absolute Gasteiger partial charge is 0.326 e. The molecule has 2 rings (SSSR count). The van der Waals surface area contributed by atoms with Gasteiger partial charge in [0.25, 0.3) is 5.91 Å². The van der Waals surface area contributed by atoms with Gasteiger partial charge in [0.15, 0.2) is 0 Å². The molecule has 1 aromatic rings. The van der Waals surface area contributed by atoms with Crippen LogP contribution in [0.25, 0.3) is 0 Å². The van der Waals surface area contributed by atoms with Crippen LogP contribution in [0, 0.1) is 0 Å². The first-order valence-corrected chi connectivity index (χ1v) is 8.56. The second-order valence-electron chi connectivity index (χ2n) is 5.59. The van der Waals surface area contributed by atoms with Gasteiger partial charge in [0, 0.05) is 19.1 Å². The van der Waals surface area contributed by atoms with Gasteiger partial charge in [-0.15, -0.1) is 0 Å². The van der Waals surface area contributed by atoms with Crippen molar-refractivity contribution in [1.82, 2.24) is 4.90 Å². The molecule has 1 aliphatic heterocycles. The van der Waals surface area contributed by atoms with Crippen LogP contribution < -0.4 is 4.74 Å². The Labute approximate surface area is 155 Å². The highest BCUT2D eigenvalue weighted by Crippen LogP contribution is 2.33. The van der Waals surface area contributed by atoms with Gasteiger partial charge >= 0.3 is 5.97 Å². The minimum atomic E-state index is -1.09. The first-order chi connectivity index (χ1) is 11.8. The van der Waals surface area contributed by atoms with E-state index in [1.807, 2.05) is 6.92 Å². The standard InChI is InChI=1S/C17H19Cl2NO5/c1-3-24-10(2)7-13(17(22)23)20-9-11(8-15(20)21)25-14-6-4-5-12(18)16(14)19/h4-6,8,10,13H,3,7,9H2,1-2H3,(H,22,23)/t10-,13-/m0/s1. The maximum atomic E-state index is 12.2. The molecule has 0 spiro atoms. The van der Waals surface area contributed by atoms with Crippen molar-refractivity contribution in [2.24, 2.45) is 0 Å². The molecule has 0 unspecified atom stereocenters. The zero-order valence-electron chi connectivity index (χ0n) is 13.9. The van der Waals surface area contributed by atoms with Gasteiger partial charge < -0.3 is 19.5 Å². The van der Waals surface area contributed by atoms with Gasteiger partial charge in [-0.25, -0.2) is 4.79 Å². The number of carbonyl (C=O) groups excluding carboxylic acids is 1. The van der Waals surface area contributed by atoms with Gasteiger partial charge in [0.1, 0.15) is 22.6 Å². The SMILES string of the molecule is CCO[C@@H](C)C[C@@H](C(=O)O)N1CC(Oc2cccc(Cl)c2Cl)=CC1=O. The van der Waals surface area contributed by atoms with E-state index >= 15 is 0 Å². The van der Waals surface area contributed by atoms with Crippen LogP contribution in [-0.2, 0) is 14.3 Å². The Hall–Kier alpha value is -1.76. The number of halogens is 2. The molecule has 0 bridgehead atoms. The summed E-state index contributed by atoms with van der Waals surface area (Å²) in [6.45, 7) is 4.12. The fourth-order valence-corrected chi connectivity index (χ4v) is 2.90. The predicted molar refractivity (Wildman–Crippen MR) is 94.0 cm³/mol. The number of hydrogen-bond donors (Lipinski definition) is 1. The predicted octanol–water partition coefficient (Wildman–Crippen LogP) is 3.37. The van der Waals surface area contributed by atoms with Gasteiger partial charge in [-0.3, -0.25) is 4.79 Å². The summed E-state index contributed by atoms with van der Waals surface area (Å²) in [6, 6.07) is 3.91. The average Bonchev–Trinajstić information content (AvgIpc) is 2.90. The number of aliphatic carboxylic acids is 1. The molecule has 25 heavy (non-hydrogen) atoms. The Kier molecular flexibility index (Phi) is 6.70. The third-order valence-corrected chi connectivity index (χ3v) is 4.52. The summed E-state index contributed by atoms with van der Waals surface area (Å²) in [5.41, 5.74) is 0. The van der Waals surface area contributed by atoms with Crippen molar-refractivity contribution < 1.29 is 24.2 Å². The Morgan fingerprint density at radius 3 is 2.76 bits per heavy atom. The maximum absolute atomic E-state index is 12.2. The minimum Gasteiger partial charge on any atom is -0.480 e. The van der Waals surface area contributed by atoms with Crippen LogP contribution >= 0.6 is 23.2 Å². The van der Waals surface area contributed by atoms with E-state index in [-0.39, 0.29) is 24.1 Å². The molecule has 6 nitrogen and oxygen atoms in total. The van der Waals surface area contributed by atoms with Crippen molar-refractivity contribution in [2.75, 3.05) is 13.2 Å². The number of benzene rings is 1. The number of carbonyl (C=O) groups is 2. The quantitative estimate of drug-likeness (QED) is 0.739. The molecule has 0 aromatic heterocycles. The number of nitrogens with zero attached hydrogens (tertiary/aromatic N) is 1. The number of carboxylic acids is 1. The summed E-state index contributed by atoms with van der Waals surface area (Å²) in [4.78, 5) is 25.0. The molecule has 1 N–H and O–H groups in total. The molecule has 0 aliphatic carbocycles. The molecule has 0 saturated heterocycles. The van der Waals surface area contributed by atoms with Crippen LogP contribution in [0.15, 0.2) is 30.0 Å². The van der Waals surface area contributed by atoms with Crippen LogP contribution in [0.1, 0.15) is 20.3 Å². The van der Waals surface area contributed by atoms with Gasteiger partial charge in [-0.05, 0) is 26.0 Å². The summed E-state index contributed by atoms with van der Waals surface area (Å²) in [6.07, 6.45) is 1.16. The third kappa shape index (κ3) is 4.87. The average molecular weight is 388 g/mol. The topological polar surface area (TPSA) is 76.1 Å². The molecule has 0 saturated carbocycles. The highest BCUT2D eigenvalue weighted by molar-refractivity contribution is 6.42. The number of rotatable bonds is 8. The van der Waals surface area contributed by atoms with E-state index in [4.69, 9.17) is 32.7 Å². The summed E-state index contributed by atoms with van der Waals surface area (Å²) >= 11 is 12.0. The van der Waals surface area contributed by atoms with Crippen molar-refractivity contribution in [2.45, 2.75) is 32.4 Å². The zero-order valence-corrected chi connectivity index (χ0v) is 15.4. The molecule has 1 amide bonds. The van der Waals surface area contributed by atoms with Crippen molar-refractivity contribution >= 4 is 35.1 Å². The monoisotopic (exact) mass is 387 g/mol. The lowest BCUT2D eigenvalue weighted by Crippen LogP contribution is -2.44. The lowest BCUT2D eigenvalue weighted by atomic mass is 10.1. The molecule has 0 fully saturated rings. The Balaban J connectivity index is 2.09. The number of hydrogen-bond acceptors (Lipinski definition) is 4. The highest BCUT2D eigenvalue weighted by Gasteiger charge is 2.35.